The van der Waals surface area contributed by atoms with E-state index in [4.69, 9.17) is 16.6 Å². The second-order valence-electron chi connectivity index (χ2n) is 6.61. The van der Waals surface area contributed by atoms with E-state index in [9.17, 15) is 4.79 Å². The van der Waals surface area contributed by atoms with Gasteiger partial charge in [-0.15, -0.1) is 0 Å². The van der Waals surface area contributed by atoms with Crippen molar-refractivity contribution in [1.82, 2.24) is 14.7 Å². The van der Waals surface area contributed by atoms with E-state index in [1.165, 1.54) is 0 Å². The van der Waals surface area contributed by atoms with Crippen LogP contribution in [0.15, 0.2) is 34.3 Å². The van der Waals surface area contributed by atoms with Crippen molar-refractivity contribution in [3.05, 3.63) is 34.9 Å². The number of amidine groups is 1. The molecule has 3 aliphatic heterocycles. The molecule has 0 radical (unpaired) electrons. The Morgan fingerprint density at radius 3 is 2.80 bits per heavy atom. The van der Waals surface area contributed by atoms with Crippen LogP contribution >= 0.6 is 11.6 Å². The SMILES string of the molecule is CCCCN1CN=C2C1C(=O)N1CCN=C1N2Cc1ccc(Cl)cc1. The van der Waals surface area contributed by atoms with E-state index in [0.717, 1.165) is 41.8 Å². The van der Waals surface area contributed by atoms with E-state index in [2.05, 4.69) is 21.7 Å². The van der Waals surface area contributed by atoms with Gasteiger partial charge in [-0.1, -0.05) is 37.1 Å². The van der Waals surface area contributed by atoms with Gasteiger partial charge in [0.15, 0.2) is 0 Å². The highest BCUT2D eigenvalue weighted by molar-refractivity contribution is 6.30. The van der Waals surface area contributed by atoms with Crippen molar-refractivity contribution in [2.75, 3.05) is 26.3 Å². The van der Waals surface area contributed by atoms with E-state index in [1.54, 1.807) is 0 Å². The number of unbranched alkanes of at least 4 members (excludes halogenated alkanes) is 1. The molecule has 1 aromatic carbocycles. The summed E-state index contributed by atoms with van der Waals surface area (Å²) in [4.78, 5) is 28.4. The summed E-state index contributed by atoms with van der Waals surface area (Å²) in [6, 6.07) is 7.54. The smallest absolute Gasteiger partial charge is 0.254 e. The van der Waals surface area contributed by atoms with Gasteiger partial charge in [-0.25, -0.2) is 0 Å². The van der Waals surface area contributed by atoms with Crippen molar-refractivity contribution in [1.29, 1.82) is 0 Å². The van der Waals surface area contributed by atoms with Crippen LogP contribution in [0.4, 0.5) is 0 Å². The van der Waals surface area contributed by atoms with Gasteiger partial charge >= 0.3 is 0 Å². The molecule has 4 rings (SSSR count). The Morgan fingerprint density at radius 1 is 1.24 bits per heavy atom. The summed E-state index contributed by atoms with van der Waals surface area (Å²) in [5.74, 6) is 1.70. The van der Waals surface area contributed by atoms with Gasteiger partial charge in [0.25, 0.3) is 5.91 Å². The lowest BCUT2D eigenvalue weighted by atomic mass is 10.1. The number of carbonyl (C=O) groups is 1. The molecule has 3 aliphatic rings. The van der Waals surface area contributed by atoms with Gasteiger partial charge in [-0.05, 0) is 24.1 Å². The Balaban J connectivity index is 1.63. The van der Waals surface area contributed by atoms with E-state index in [0.29, 0.717) is 26.3 Å². The summed E-state index contributed by atoms with van der Waals surface area (Å²) in [6.45, 7) is 5.62. The van der Waals surface area contributed by atoms with Crippen molar-refractivity contribution >= 4 is 29.3 Å². The van der Waals surface area contributed by atoms with Crippen LogP contribution in [-0.2, 0) is 11.3 Å². The predicted octanol–water partition coefficient (Wildman–Crippen LogP) is 2.19. The van der Waals surface area contributed by atoms with Gasteiger partial charge in [-0.3, -0.25) is 29.5 Å². The van der Waals surface area contributed by atoms with E-state index in [1.807, 2.05) is 29.2 Å². The number of amides is 1. The number of halogens is 1. The molecule has 25 heavy (non-hydrogen) atoms. The lowest BCUT2D eigenvalue weighted by Crippen LogP contribution is -2.63. The van der Waals surface area contributed by atoms with Gasteiger partial charge in [-0.2, -0.15) is 0 Å². The van der Waals surface area contributed by atoms with Crippen LogP contribution in [0.25, 0.3) is 0 Å². The molecule has 0 spiro atoms. The molecular weight excluding hydrogens is 338 g/mol. The first kappa shape index (κ1) is 16.5. The molecule has 0 N–H and O–H groups in total. The van der Waals surface area contributed by atoms with Gasteiger partial charge in [0, 0.05) is 18.1 Å². The average molecular weight is 360 g/mol. The Hall–Kier alpha value is -1.92. The van der Waals surface area contributed by atoms with Gasteiger partial charge in [0.1, 0.15) is 11.9 Å². The molecular formula is C18H22ClN5O. The standard InChI is InChI=1S/C18H22ClN5O/c1-2-3-9-22-12-21-16-15(22)17(25)23-10-8-20-18(23)24(16)11-13-4-6-14(19)7-5-13/h4-7,15H,2-3,8-12H2,1H3. The minimum Gasteiger partial charge on any atom is -0.294 e. The number of rotatable bonds is 5. The fraction of sp³-hybridized carbons (Fsp3) is 0.500. The van der Waals surface area contributed by atoms with Crippen molar-refractivity contribution in [2.24, 2.45) is 9.98 Å². The number of nitrogens with zero attached hydrogens (tertiary/aromatic N) is 5. The Kier molecular flexibility index (Phi) is 4.48. The number of fused-ring (bicyclic) bond motifs is 2. The summed E-state index contributed by atoms with van der Waals surface area (Å²) in [7, 11) is 0. The largest absolute Gasteiger partial charge is 0.294 e. The number of benzene rings is 1. The fourth-order valence-electron chi connectivity index (χ4n) is 3.60. The number of hydrogen-bond acceptors (Lipinski definition) is 5. The summed E-state index contributed by atoms with van der Waals surface area (Å²) >= 11 is 6.00. The zero-order valence-corrected chi connectivity index (χ0v) is 15.1. The number of aliphatic imine (C=N–C) groups is 2. The van der Waals surface area contributed by atoms with Crippen LogP contribution < -0.4 is 0 Å². The van der Waals surface area contributed by atoms with Crippen molar-refractivity contribution in [2.45, 2.75) is 32.4 Å². The number of carbonyl (C=O) groups excluding carboxylic acids is 1. The maximum absolute atomic E-state index is 13.0. The summed E-state index contributed by atoms with van der Waals surface area (Å²) in [5, 5.41) is 0.722. The molecule has 1 unspecified atom stereocenters. The molecule has 0 aromatic heterocycles. The summed E-state index contributed by atoms with van der Waals surface area (Å²) in [5.41, 5.74) is 1.13. The zero-order valence-electron chi connectivity index (χ0n) is 14.4. The average Bonchev–Trinajstić information content (AvgIpc) is 3.26. The number of hydrogen-bond donors (Lipinski definition) is 0. The third-order valence-electron chi connectivity index (χ3n) is 4.91. The number of guanidine groups is 1. The highest BCUT2D eigenvalue weighted by Crippen LogP contribution is 2.27. The molecule has 1 atom stereocenters. The minimum atomic E-state index is -0.268. The fourth-order valence-corrected chi connectivity index (χ4v) is 3.73. The first-order chi connectivity index (χ1) is 12.2. The molecule has 1 amide bonds. The minimum absolute atomic E-state index is 0.121. The van der Waals surface area contributed by atoms with Crippen LogP contribution in [0.1, 0.15) is 25.3 Å². The van der Waals surface area contributed by atoms with Crippen LogP contribution in [0.3, 0.4) is 0 Å². The molecule has 0 bridgehead atoms. The summed E-state index contributed by atoms with van der Waals surface area (Å²) in [6.07, 6.45) is 2.18. The van der Waals surface area contributed by atoms with Crippen LogP contribution in [0.2, 0.25) is 5.02 Å². The van der Waals surface area contributed by atoms with E-state index < -0.39 is 0 Å². The highest BCUT2D eigenvalue weighted by atomic mass is 35.5. The zero-order chi connectivity index (χ0) is 17.4. The molecule has 132 valence electrons. The monoisotopic (exact) mass is 359 g/mol. The molecule has 1 aromatic rings. The molecule has 3 heterocycles. The van der Waals surface area contributed by atoms with Crippen molar-refractivity contribution in [3.63, 3.8) is 0 Å². The Bertz CT molecular complexity index is 729. The van der Waals surface area contributed by atoms with E-state index in [-0.39, 0.29) is 11.9 Å². The predicted molar refractivity (Wildman–Crippen MR) is 98.7 cm³/mol. The van der Waals surface area contributed by atoms with Gasteiger partial charge in [0.2, 0.25) is 5.96 Å². The van der Waals surface area contributed by atoms with Gasteiger partial charge in [0.05, 0.1) is 19.8 Å². The Labute approximate surface area is 152 Å². The first-order valence-electron chi connectivity index (χ1n) is 8.85. The maximum Gasteiger partial charge on any atom is 0.254 e. The molecule has 7 heteroatoms. The topological polar surface area (TPSA) is 51.5 Å². The molecule has 0 aliphatic carbocycles. The van der Waals surface area contributed by atoms with Gasteiger partial charge < -0.3 is 0 Å². The van der Waals surface area contributed by atoms with Crippen molar-refractivity contribution in [3.8, 4) is 0 Å². The molecule has 1 fully saturated rings. The molecule has 6 nitrogen and oxygen atoms in total. The van der Waals surface area contributed by atoms with Crippen LogP contribution in [0.5, 0.6) is 0 Å². The van der Waals surface area contributed by atoms with Crippen LogP contribution in [0, 0.1) is 0 Å². The molecule has 1 saturated heterocycles. The lowest BCUT2D eigenvalue weighted by molar-refractivity contribution is -0.131. The second kappa shape index (κ2) is 6.77. The third-order valence-corrected chi connectivity index (χ3v) is 5.17. The summed E-state index contributed by atoms with van der Waals surface area (Å²) < 4.78 is 0. The first-order valence-corrected chi connectivity index (χ1v) is 9.23. The second-order valence-corrected chi connectivity index (χ2v) is 7.05. The van der Waals surface area contributed by atoms with Crippen LogP contribution in [-0.4, -0.2) is 64.7 Å². The normalized spacial score (nSPS) is 22.8. The van der Waals surface area contributed by atoms with Crippen molar-refractivity contribution < 1.29 is 4.79 Å². The quantitative estimate of drug-likeness (QED) is 0.809. The molecule has 0 saturated carbocycles. The third kappa shape index (κ3) is 2.93. The lowest BCUT2D eigenvalue weighted by Gasteiger charge is -2.40. The highest BCUT2D eigenvalue weighted by Gasteiger charge is 2.48. The van der Waals surface area contributed by atoms with E-state index >= 15 is 0 Å². The maximum atomic E-state index is 13.0. The Morgan fingerprint density at radius 2 is 2.04 bits per heavy atom.